The summed E-state index contributed by atoms with van der Waals surface area (Å²) in [5.74, 6) is -0.219. The van der Waals surface area contributed by atoms with Gasteiger partial charge in [-0.25, -0.2) is 0 Å². The van der Waals surface area contributed by atoms with Crippen LogP contribution in [0.25, 0.3) is 0 Å². The SMILES string of the molecule is CCCC(NCCC(=O)c1cccc(NC(=O)C=C(C)C)c1)C(O)c1ccccc1. The van der Waals surface area contributed by atoms with Gasteiger partial charge in [-0.1, -0.05) is 61.4 Å². The van der Waals surface area contributed by atoms with Gasteiger partial charge >= 0.3 is 0 Å². The second-order valence-electron chi connectivity index (χ2n) is 7.67. The summed E-state index contributed by atoms with van der Waals surface area (Å²) in [7, 11) is 0. The largest absolute Gasteiger partial charge is 0.387 e. The van der Waals surface area contributed by atoms with Crippen molar-refractivity contribution in [2.75, 3.05) is 11.9 Å². The number of Topliss-reactive ketones (excluding diaryl/α,β-unsaturated/α-hetero) is 1. The minimum Gasteiger partial charge on any atom is -0.387 e. The Balaban J connectivity index is 1.93. The number of allylic oxidation sites excluding steroid dienone is 1. The Morgan fingerprint density at radius 1 is 1.07 bits per heavy atom. The molecule has 2 atom stereocenters. The Hall–Kier alpha value is -2.76. The zero-order valence-corrected chi connectivity index (χ0v) is 18.0. The number of ketones is 1. The van der Waals surface area contributed by atoms with Crippen LogP contribution in [0.2, 0.25) is 0 Å². The van der Waals surface area contributed by atoms with Crippen molar-refractivity contribution in [1.29, 1.82) is 0 Å². The molecule has 0 aliphatic heterocycles. The highest BCUT2D eigenvalue weighted by molar-refractivity contribution is 6.01. The second-order valence-corrected chi connectivity index (χ2v) is 7.67. The molecule has 0 saturated heterocycles. The van der Waals surface area contributed by atoms with Crippen molar-refractivity contribution in [3.63, 3.8) is 0 Å². The van der Waals surface area contributed by atoms with Crippen LogP contribution in [0.5, 0.6) is 0 Å². The topological polar surface area (TPSA) is 78.4 Å². The molecule has 5 heteroatoms. The maximum atomic E-state index is 12.6. The number of carbonyl (C=O) groups excluding carboxylic acids is 2. The molecule has 0 heterocycles. The third-order valence-corrected chi connectivity index (χ3v) is 4.75. The van der Waals surface area contributed by atoms with Crippen LogP contribution in [0.15, 0.2) is 66.2 Å². The van der Waals surface area contributed by atoms with Crippen molar-refractivity contribution < 1.29 is 14.7 Å². The second kappa shape index (κ2) is 12.1. The molecule has 0 fully saturated rings. The van der Waals surface area contributed by atoms with E-state index >= 15 is 0 Å². The van der Waals surface area contributed by atoms with Crippen LogP contribution in [0.3, 0.4) is 0 Å². The van der Waals surface area contributed by atoms with Gasteiger partial charge in [0, 0.05) is 36.3 Å². The Labute approximate surface area is 179 Å². The average Bonchev–Trinajstić information content (AvgIpc) is 2.72. The van der Waals surface area contributed by atoms with Crippen LogP contribution in [-0.2, 0) is 4.79 Å². The smallest absolute Gasteiger partial charge is 0.248 e. The van der Waals surface area contributed by atoms with E-state index in [1.165, 1.54) is 6.08 Å². The third kappa shape index (κ3) is 7.58. The number of aliphatic hydroxyl groups excluding tert-OH is 1. The molecule has 2 unspecified atom stereocenters. The van der Waals surface area contributed by atoms with Crippen molar-refractivity contribution in [2.45, 2.75) is 52.2 Å². The minimum absolute atomic E-state index is 0.00902. The van der Waals surface area contributed by atoms with Crippen LogP contribution >= 0.6 is 0 Å². The van der Waals surface area contributed by atoms with E-state index in [1.807, 2.05) is 44.2 Å². The van der Waals surface area contributed by atoms with Crippen LogP contribution in [0.4, 0.5) is 5.69 Å². The van der Waals surface area contributed by atoms with E-state index < -0.39 is 6.10 Å². The first-order chi connectivity index (χ1) is 14.4. The van der Waals surface area contributed by atoms with E-state index in [-0.39, 0.29) is 17.7 Å². The molecule has 160 valence electrons. The number of hydrogen-bond donors (Lipinski definition) is 3. The van der Waals surface area contributed by atoms with Crippen LogP contribution in [0, 0.1) is 0 Å². The van der Waals surface area contributed by atoms with Gasteiger partial charge in [0.2, 0.25) is 5.91 Å². The molecule has 2 aromatic carbocycles. The molecule has 0 aromatic heterocycles. The number of aliphatic hydroxyl groups is 1. The Kier molecular flexibility index (Phi) is 9.45. The van der Waals surface area contributed by atoms with Gasteiger partial charge in [0.25, 0.3) is 0 Å². The first-order valence-electron chi connectivity index (χ1n) is 10.5. The number of amides is 1. The van der Waals surface area contributed by atoms with Crippen LogP contribution in [-0.4, -0.2) is 29.4 Å². The number of rotatable bonds is 11. The molecule has 1 amide bonds. The lowest BCUT2D eigenvalue weighted by Crippen LogP contribution is -2.36. The number of nitrogens with one attached hydrogen (secondary N) is 2. The zero-order chi connectivity index (χ0) is 21.9. The van der Waals surface area contributed by atoms with Gasteiger partial charge in [0.1, 0.15) is 0 Å². The lowest BCUT2D eigenvalue weighted by molar-refractivity contribution is -0.111. The lowest BCUT2D eigenvalue weighted by Gasteiger charge is -2.24. The lowest BCUT2D eigenvalue weighted by atomic mass is 9.98. The summed E-state index contributed by atoms with van der Waals surface area (Å²) in [4.78, 5) is 24.5. The van der Waals surface area contributed by atoms with Crippen molar-refractivity contribution in [1.82, 2.24) is 5.32 Å². The fourth-order valence-electron chi connectivity index (χ4n) is 3.29. The number of carbonyl (C=O) groups is 2. The summed E-state index contributed by atoms with van der Waals surface area (Å²) >= 11 is 0. The molecule has 2 aromatic rings. The summed E-state index contributed by atoms with van der Waals surface area (Å²) in [6.45, 7) is 6.26. The summed E-state index contributed by atoms with van der Waals surface area (Å²) in [6, 6.07) is 16.4. The van der Waals surface area contributed by atoms with Gasteiger partial charge in [-0.2, -0.15) is 0 Å². The summed E-state index contributed by atoms with van der Waals surface area (Å²) in [5, 5.41) is 16.8. The van der Waals surface area contributed by atoms with Crippen molar-refractivity contribution in [3.8, 4) is 0 Å². The highest BCUT2D eigenvalue weighted by atomic mass is 16.3. The first-order valence-corrected chi connectivity index (χ1v) is 10.5. The molecule has 5 nitrogen and oxygen atoms in total. The molecule has 3 N–H and O–H groups in total. The molecular weight excluding hydrogens is 376 g/mol. The fraction of sp³-hybridized carbons (Fsp3) is 0.360. The molecular formula is C25H32N2O3. The monoisotopic (exact) mass is 408 g/mol. The molecule has 0 radical (unpaired) electrons. The molecule has 0 saturated carbocycles. The van der Waals surface area contributed by atoms with Gasteiger partial charge in [0.05, 0.1) is 6.10 Å². The van der Waals surface area contributed by atoms with E-state index in [2.05, 4.69) is 17.6 Å². The molecule has 0 aliphatic rings. The third-order valence-electron chi connectivity index (χ3n) is 4.75. The Bertz CT molecular complexity index is 858. The van der Waals surface area contributed by atoms with Crippen LogP contribution < -0.4 is 10.6 Å². The predicted octanol–water partition coefficient (Wildman–Crippen LogP) is 4.66. The van der Waals surface area contributed by atoms with Gasteiger partial charge < -0.3 is 15.7 Å². The summed E-state index contributed by atoms with van der Waals surface area (Å²) < 4.78 is 0. The fourth-order valence-corrected chi connectivity index (χ4v) is 3.29. The minimum atomic E-state index is -0.616. The van der Waals surface area contributed by atoms with Gasteiger partial charge in [-0.05, 0) is 38.0 Å². The zero-order valence-electron chi connectivity index (χ0n) is 18.0. The average molecular weight is 409 g/mol. The van der Waals surface area contributed by atoms with E-state index in [4.69, 9.17) is 0 Å². The normalized spacial score (nSPS) is 12.7. The Morgan fingerprint density at radius 3 is 2.47 bits per heavy atom. The van der Waals surface area contributed by atoms with E-state index in [0.29, 0.717) is 24.2 Å². The molecule has 0 bridgehead atoms. The quantitative estimate of drug-likeness (QED) is 0.373. The first kappa shape index (κ1) is 23.5. The summed E-state index contributed by atoms with van der Waals surface area (Å²) in [6.07, 6.45) is 2.96. The van der Waals surface area contributed by atoms with Crippen LogP contribution in [0.1, 0.15) is 62.1 Å². The predicted molar refractivity (Wildman–Crippen MR) is 122 cm³/mol. The molecule has 30 heavy (non-hydrogen) atoms. The maximum Gasteiger partial charge on any atom is 0.248 e. The van der Waals surface area contributed by atoms with Crippen molar-refractivity contribution >= 4 is 17.4 Å². The van der Waals surface area contributed by atoms with Crippen molar-refractivity contribution in [2.24, 2.45) is 0 Å². The Morgan fingerprint density at radius 2 is 1.80 bits per heavy atom. The van der Waals surface area contributed by atoms with E-state index in [0.717, 1.165) is 24.0 Å². The van der Waals surface area contributed by atoms with Crippen molar-refractivity contribution in [3.05, 3.63) is 77.4 Å². The number of benzene rings is 2. The molecule has 0 spiro atoms. The van der Waals surface area contributed by atoms with Gasteiger partial charge in [0.15, 0.2) is 5.78 Å². The van der Waals surface area contributed by atoms with E-state index in [1.54, 1.807) is 24.3 Å². The number of anilines is 1. The standard InChI is InChI=1S/C25H32N2O3/c1-4-9-22(25(30)19-10-6-5-7-11-19)26-15-14-23(28)20-12-8-13-21(17-20)27-24(29)16-18(2)3/h5-8,10-13,16-17,22,25-26,30H,4,9,14-15H2,1-3H3,(H,27,29). The highest BCUT2D eigenvalue weighted by Crippen LogP contribution is 2.20. The maximum absolute atomic E-state index is 12.6. The highest BCUT2D eigenvalue weighted by Gasteiger charge is 2.20. The van der Waals surface area contributed by atoms with E-state index in [9.17, 15) is 14.7 Å². The summed E-state index contributed by atoms with van der Waals surface area (Å²) in [5.41, 5.74) is 2.93. The number of hydrogen-bond acceptors (Lipinski definition) is 4. The molecule has 2 rings (SSSR count). The van der Waals surface area contributed by atoms with Gasteiger partial charge in [-0.15, -0.1) is 0 Å². The molecule has 0 aliphatic carbocycles. The van der Waals surface area contributed by atoms with Gasteiger partial charge in [-0.3, -0.25) is 9.59 Å².